The minimum atomic E-state index is -0.398. The van der Waals surface area contributed by atoms with Crippen LogP contribution in [-0.2, 0) is 4.79 Å². The Kier molecular flexibility index (Phi) is 6.18. The third-order valence-corrected chi connectivity index (χ3v) is 4.27. The van der Waals surface area contributed by atoms with E-state index in [-0.39, 0.29) is 11.6 Å². The quantitative estimate of drug-likeness (QED) is 0.579. The van der Waals surface area contributed by atoms with Gasteiger partial charge in [0.1, 0.15) is 5.70 Å². The molecule has 0 radical (unpaired) electrons. The topological polar surface area (TPSA) is 58.2 Å². The third kappa shape index (κ3) is 5.39. The Morgan fingerprint density at radius 2 is 1.37 bits per heavy atom. The molecule has 0 aromatic heterocycles. The molecule has 0 aliphatic heterocycles. The Morgan fingerprint density at radius 3 is 2.00 bits per heavy atom. The van der Waals surface area contributed by atoms with Crippen molar-refractivity contribution >= 4 is 39.5 Å². The van der Waals surface area contributed by atoms with Crippen molar-refractivity contribution in [2.24, 2.45) is 0 Å². The van der Waals surface area contributed by atoms with Gasteiger partial charge in [-0.25, -0.2) is 0 Å². The molecule has 0 heterocycles. The van der Waals surface area contributed by atoms with Crippen molar-refractivity contribution in [3.8, 4) is 0 Å². The number of carbonyl (C=O) groups excluding carboxylic acids is 2. The SMILES string of the molecule is O=C(Nc1ccc(Br)cc1)C(=Cc1ccccc1)NC(=O)c1ccccc1. The highest BCUT2D eigenvalue weighted by atomic mass is 79.9. The number of rotatable bonds is 5. The lowest BCUT2D eigenvalue weighted by Crippen LogP contribution is -2.30. The summed E-state index contributed by atoms with van der Waals surface area (Å²) in [5.41, 5.74) is 2.09. The summed E-state index contributed by atoms with van der Waals surface area (Å²) < 4.78 is 0.915. The van der Waals surface area contributed by atoms with E-state index >= 15 is 0 Å². The first-order valence-corrected chi connectivity index (χ1v) is 9.11. The van der Waals surface area contributed by atoms with E-state index in [1.165, 1.54) is 0 Å². The minimum Gasteiger partial charge on any atom is -0.321 e. The first-order chi connectivity index (χ1) is 13.1. The van der Waals surface area contributed by atoms with Crippen LogP contribution in [0.2, 0.25) is 0 Å². The van der Waals surface area contributed by atoms with E-state index in [9.17, 15) is 9.59 Å². The first kappa shape index (κ1) is 18.6. The fourth-order valence-electron chi connectivity index (χ4n) is 2.39. The average Bonchev–Trinajstić information content (AvgIpc) is 2.70. The Morgan fingerprint density at radius 1 is 0.778 bits per heavy atom. The molecular formula is C22H17BrN2O2. The highest BCUT2D eigenvalue weighted by molar-refractivity contribution is 9.10. The lowest BCUT2D eigenvalue weighted by molar-refractivity contribution is -0.113. The molecule has 134 valence electrons. The molecular weight excluding hydrogens is 404 g/mol. The van der Waals surface area contributed by atoms with Crippen molar-refractivity contribution in [1.82, 2.24) is 5.32 Å². The Balaban J connectivity index is 1.85. The molecule has 0 spiro atoms. The van der Waals surface area contributed by atoms with Gasteiger partial charge in [-0.1, -0.05) is 64.5 Å². The van der Waals surface area contributed by atoms with Crippen molar-refractivity contribution in [2.75, 3.05) is 5.32 Å². The van der Waals surface area contributed by atoms with Gasteiger partial charge >= 0.3 is 0 Å². The van der Waals surface area contributed by atoms with E-state index in [0.29, 0.717) is 11.3 Å². The monoisotopic (exact) mass is 420 g/mol. The largest absolute Gasteiger partial charge is 0.321 e. The molecule has 0 saturated heterocycles. The molecule has 3 aromatic rings. The number of hydrogen-bond donors (Lipinski definition) is 2. The second kappa shape index (κ2) is 8.96. The van der Waals surface area contributed by atoms with Crippen molar-refractivity contribution in [2.45, 2.75) is 0 Å². The minimum absolute atomic E-state index is 0.165. The normalized spacial score (nSPS) is 10.9. The van der Waals surface area contributed by atoms with Gasteiger partial charge in [0.25, 0.3) is 11.8 Å². The van der Waals surface area contributed by atoms with E-state index < -0.39 is 5.91 Å². The van der Waals surface area contributed by atoms with E-state index in [2.05, 4.69) is 26.6 Å². The van der Waals surface area contributed by atoms with Crippen LogP contribution in [0.4, 0.5) is 5.69 Å². The van der Waals surface area contributed by atoms with Gasteiger partial charge in [-0.2, -0.15) is 0 Å². The number of nitrogens with one attached hydrogen (secondary N) is 2. The van der Waals surface area contributed by atoms with Gasteiger partial charge in [0.05, 0.1) is 0 Å². The standard InChI is InChI=1S/C22H17BrN2O2/c23-18-11-13-19(14-12-18)24-22(27)20(15-16-7-3-1-4-8-16)25-21(26)17-9-5-2-6-10-17/h1-15H,(H,24,27)(H,25,26). The van der Waals surface area contributed by atoms with Crippen LogP contribution in [0.5, 0.6) is 0 Å². The van der Waals surface area contributed by atoms with Gasteiger partial charge in [-0.3, -0.25) is 9.59 Å². The first-order valence-electron chi connectivity index (χ1n) is 8.32. The molecule has 0 unspecified atom stereocenters. The molecule has 3 rings (SSSR count). The summed E-state index contributed by atoms with van der Waals surface area (Å²) >= 11 is 3.36. The van der Waals surface area contributed by atoms with Gasteiger partial charge in [-0.05, 0) is 48.0 Å². The molecule has 5 heteroatoms. The fourth-order valence-corrected chi connectivity index (χ4v) is 2.65. The second-order valence-electron chi connectivity index (χ2n) is 5.75. The summed E-state index contributed by atoms with van der Waals surface area (Å²) in [5, 5.41) is 5.52. The molecule has 3 aromatic carbocycles. The van der Waals surface area contributed by atoms with E-state index in [1.807, 2.05) is 48.5 Å². The molecule has 2 N–H and O–H groups in total. The van der Waals surface area contributed by atoms with Crippen LogP contribution >= 0.6 is 15.9 Å². The molecule has 0 fully saturated rings. The fraction of sp³-hybridized carbons (Fsp3) is 0. The maximum atomic E-state index is 12.8. The van der Waals surface area contributed by atoms with Crippen molar-refractivity contribution in [1.29, 1.82) is 0 Å². The lowest BCUT2D eigenvalue weighted by atomic mass is 10.1. The zero-order chi connectivity index (χ0) is 19.1. The Hall–Kier alpha value is -3.18. The Labute approximate surface area is 166 Å². The third-order valence-electron chi connectivity index (χ3n) is 3.74. The number of amides is 2. The maximum Gasteiger partial charge on any atom is 0.272 e. The van der Waals surface area contributed by atoms with E-state index in [4.69, 9.17) is 0 Å². The molecule has 0 aliphatic rings. The molecule has 0 aliphatic carbocycles. The smallest absolute Gasteiger partial charge is 0.272 e. The predicted octanol–water partition coefficient (Wildman–Crippen LogP) is 4.86. The van der Waals surface area contributed by atoms with E-state index in [0.717, 1.165) is 10.0 Å². The van der Waals surface area contributed by atoms with E-state index in [1.54, 1.807) is 42.5 Å². The molecule has 27 heavy (non-hydrogen) atoms. The number of anilines is 1. The van der Waals surface area contributed by atoms with Crippen molar-refractivity contribution in [3.05, 3.63) is 106 Å². The second-order valence-corrected chi connectivity index (χ2v) is 6.67. The Bertz CT molecular complexity index is 953. The van der Waals surface area contributed by atoms with Crippen LogP contribution in [0.3, 0.4) is 0 Å². The molecule has 2 amide bonds. The predicted molar refractivity (Wildman–Crippen MR) is 111 cm³/mol. The van der Waals surface area contributed by atoms with Crippen LogP contribution in [0, 0.1) is 0 Å². The van der Waals surface area contributed by atoms with Crippen LogP contribution in [0.15, 0.2) is 95.1 Å². The highest BCUT2D eigenvalue weighted by Gasteiger charge is 2.15. The van der Waals surface area contributed by atoms with Gasteiger partial charge in [-0.15, -0.1) is 0 Å². The van der Waals surface area contributed by atoms with Gasteiger partial charge < -0.3 is 10.6 Å². The highest BCUT2D eigenvalue weighted by Crippen LogP contribution is 2.15. The lowest BCUT2D eigenvalue weighted by Gasteiger charge is -2.11. The summed E-state index contributed by atoms with van der Waals surface area (Å²) in [6, 6.07) is 25.4. The average molecular weight is 421 g/mol. The number of halogens is 1. The van der Waals surface area contributed by atoms with Gasteiger partial charge in [0.2, 0.25) is 0 Å². The summed E-state index contributed by atoms with van der Waals surface area (Å²) in [6.45, 7) is 0. The summed E-state index contributed by atoms with van der Waals surface area (Å²) in [7, 11) is 0. The maximum absolute atomic E-state index is 12.8. The zero-order valence-electron chi connectivity index (χ0n) is 14.4. The number of benzene rings is 3. The summed E-state index contributed by atoms with van der Waals surface area (Å²) in [4.78, 5) is 25.3. The van der Waals surface area contributed by atoms with Gasteiger partial charge in [0.15, 0.2) is 0 Å². The molecule has 0 atom stereocenters. The van der Waals surface area contributed by atoms with Crippen molar-refractivity contribution < 1.29 is 9.59 Å². The van der Waals surface area contributed by atoms with Crippen LogP contribution < -0.4 is 10.6 Å². The van der Waals surface area contributed by atoms with Crippen LogP contribution in [-0.4, -0.2) is 11.8 Å². The summed E-state index contributed by atoms with van der Waals surface area (Å²) in [6.07, 6.45) is 1.65. The number of carbonyl (C=O) groups is 2. The van der Waals surface area contributed by atoms with Crippen LogP contribution in [0.25, 0.3) is 6.08 Å². The summed E-state index contributed by atoms with van der Waals surface area (Å²) in [5.74, 6) is -0.741. The molecule has 0 saturated carbocycles. The van der Waals surface area contributed by atoms with Crippen LogP contribution in [0.1, 0.15) is 15.9 Å². The number of hydrogen-bond acceptors (Lipinski definition) is 2. The van der Waals surface area contributed by atoms with Gasteiger partial charge in [0, 0.05) is 15.7 Å². The van der Waals surface area contributed by atoms with Crippen molar-refractivity contribution in [3.63, 3.8) is 0 Å². The molecule has 4 nitrogen and oxygen atoms in total. The zero-order valence-corrected chi connectivity index (χ0v) is 15.9. The molecule has 0 bridgehead atoms.